The van der Waals surface area contributed by atoms with E-state index in [4.69, 9.17) is 4.74 Å². The van der Waals surface area contributed by atoms with E-state index in [-0.39, 0.29) is 18.2 Å². The molecule has 1 fully saturated rings. The zero-order valence-corrected chi connectivity index (χ0v) is 17.6. The topological polar surface area (TPSA) is 53.0 Å². The normalized spacial score (nSPS) is 18.1. The van der Waals surface area contributed by atoms with Crippen molar-refractivity contribution in [3.05, 3.63) is 71.8 Å². The van der Waals surface area contributed by atoms with Crippen molar-refractivity contribution >= 4 is 6.09 Å². The van der Waals surface area contributed by atoms with E-state index in [1.54, 1.807) is 4.90 Å². The van der Waals surface area contributed by atoms with Crippen LogP contribution < -0.4 is 0 Å². The first-order chi connectivity index (χ1) is 13.8. The van der Waals surface area contributed by atoms with Crippen LogP contribution in [-0.2, 0) is 17.7 Å². The van der Waals surface area contributed by atoms with E-state index in [0.717, 1.165) is 24.0 Å². The second kappa shape index (κ2) is 9.42. The number of ether oxygens (including phenoxy) is 1. The summed E-state index contributed by atoms with van der Waals surface area (Å²) in [7, 11) is 0. The maximum absolute atomic E-state index is 12.8. The third-order valence-corrected chi connectivity index (χ3v) is 5.23. The molecule has 5 nitrogen and oxygen atoms in total. The summed E-state index contributed by atoms with van der Waals surface area (Å²) in [6.07, 6.45) is 2.12. The van der Waals surface area contributed by atoms with E-state index < -0.39 is 5.60 Å². The van der Waals surface area contributed by atoms with Gasteiger partial charge >= 0.3 is 6.09 Å². The van der Waals surface area contributed by atoms with Gasteiger partial charge in [-0.15, -0.1) is 0 Å². The third-order valence-electron chi connectivity index (χ3n) is 5.23. The molecule has 0 saturated carbocycles. The highest BCUT2D eigenvalue weighted by Crippen LogP contribution is 2.28. The first kappa shape index (κ1) is 21.3. The molecule has 29 heavy (non-hydrogen) atoms. The Kier molecular flexibility index (Phi) is 6.93. The van der Waals surface area contributed by atoms with Crippen LogP contribution in [0.5, 0.6) is 0 Å². The number of amides is 1. The Morgan fingerprint density at radius 1 is 1.10 bits per heavy atom. The summed E-state index contributed by atoms with van der Waals surface area (Å²) in [5, 5.41) is 12.5. The van der Waals surface area contributed by atoms with Crippen molar-refractivity contribution in [2.24, 2.45) is 0 Å². The lowest BCUT2D eigenvalue weighted by Gasteiger charge is -2.37. The number of hydrogen-bond acceptors (Lipinski definition) is 4. The van der Waals surface area contributed by atoms with Crippen molar-refractivity contribution in [3.8, 4) is 0 Å². The molecule has 1 aliphatic rings. The van der Waals surface area contributed by atoms with E-state index in [1.807, 2.05) is 69.3 Å². The summed E-state index contributed by atoms with van der Waals surface area (Å²) >= 11 is 0. The van der Waals surface area contributed by atoms with E-state index >= 15 is 0 Å². The average Bonchev–Trinajstić information content (AvgIpc) is 3.16. The first-order valence-corrected chi connectivity index (χ1v) is 10.4. The molecule has 1 N–H and O–H groups in total. The summed E-state index contributed by atoms with van der Waals surface area (Å²) in [5.74, 6) is 0. The summed E-state index contributed by atoms with van der Waals surface area (Å²) in [6.45, 7) is 6.71. The third kappa shape index (κ3) is 6.05. The summed E-state index contributed by atoms with van der Waals surface area (Å²) in [5.41, 5.74) is 1.64. The van der Waals surface area contributed by atoms with Crippen molar-refractivity contribution in [3.63, 3.8) is 0 Å². The Bertz CT molecular complexity index is 774. The van der Waals surface area contributed by atoms with Crippen molar-refractivity contribution in [1.29, 1.82) is 0 Å². The number of hydroxylamine groups is 2. The van der Waals surface area contributed by atoms with Crippen LogP contribution in [0.2, 0.25) is 0 Å². The molecule has 0 radical (unpaired) electrons. The van der Waals surface area contributed by atoms with Gasteiger partial charge in [0.25, 0.3) is 0 Å². The number of carbonyl (C=O) groups excluding carboxylic acids is 1. The van der Waals surface area contributed by atoms with Crippen molar-refractivity contribution in [2.45, 2.75) is 64.3 Å². The van der Waals surface area contributed by atoms with Crippen LogP contribution in [0.15, 0.2) is 60.7 Å². The molecule has 1 amide bonds. The van der Waals surface area contributed by atoms with Crippen molar-refractivity contribution < 1.29 is 14.7 Å². The van der Waals surface area contributed by atoms with Gasteiger partial charge in [-0.2, -0.15) is 5.06 Å². The van der Waals surface area contributed by atoms with Crippen LogP contribution in [0.25, 0.3) is 0 Å². The number of nitrogens with zero attached hydrogens (tertiary/aromatic N) is 2. The van der Waals surface area contributed by atoms with E-state index in [2.05, 4.69) is 12.1 Å². The fourth-order valence-corrected chi connectivity index (χ4v) is 3.92. The van der Waals surface area contributed by atoms with Gasteiger partial charge in [-0.25, -0.2) is 4.79 Å². The van der Waals surface area contributed by atoms with E-state index in [9.17, 15) is 10.0 Å². The standard InChI is InChI=1S/C24H32N2O3/c1-24(2,3)29-23(27)25-16-10-15-21(25)22(17-19-11-6-4-7-12-19)26(28)18-20-13-8-5-9-14-20/h4-9,11-14,21-22,28H,10,15-18H2,1-3H3/t21-,22+/m1/s1. The van der Waals surface area contributed by atoms with E-state index in [1.165, 1.54) is 5.06 Å². The lowest BCUT2D eigenvalue weighted by molar-refractivity contribution is -0.150. The van der Waals surface area contributed by atoms with Crippen LogP contribution in [-0.4, -0.2) is 45.5 Å². The van der Waals surface area contributed by atoms with Gasteiger partial charge in [0.2, 0.25) is 0 Å². The smallest absolute Gasteiger partial charge is 0.410 e. The van der Waals surface area contributed by atoms with Crippen molar-refractivity contribution in [2.75, 3.05) is 6.54 Å². The summed E-state index contributed by atoms with van der Waals surface area (Å²) in [6, 6.07) is 19.7. The van der Waals surface area contributed by atoms with Gasteiger partial charge in [-0.1, -0.05) is 60.7 Å². The van der Waals surface area contributed by atoms with Crippen LogP contribution in [0.1, 0.15) is 44.7 Å². The Hall–Kier alpha value is -2.37. The zero-order valence-electron chi connectivity index (χ0n) is 17.6. The largest absolute Gasteiger partial charge is 0.444 e. The molecule has 2 aromatic carbocycles. The monoisotopic (exact) mass is 396 g/mol. The Labute approximate surface area is 173 Å². The molecule has 0 bridgehead atoms. The van der Waals surface area contributed by atoms with Gasteiger partial charge in [0, 0.05) is 13.1 Å². The predicted octanol–water partition coefficient (Wildman–Crippen LogP) is 4.89. The number of hydrogen-bond donors (Lipinski definition) is 1. The Balaban J connectivity index is 1.82. The number of benzene rings is 2. The molecule has 0 spiro atoms. The number of likely N-dealkylation sites (tertiary alicyclic amines) is 1. The molecule has 2 aromatic rings. The minimum atomic E-state index is -0.540. The molecule has 1 heterocycles. The molecule has 1 saturated heterocycles. The molecule has 0 aromatic heterocycles. The van der Waals surface area contributed by atoms with Gasteiger partial charge in [0.05, 0.1) is 12.1 Å². The van der Waals surface area contributed by atoms with Gasteiger partial charge in [0.15, 0.2) is 0 Å². The lowest BCUT2D eigenvalue weighted by Crippen LogP contribution is -2.51. The highest BCUT2D eigenvalue weighted by Gasteiger charge is 2.39. The maximum Gasteiger partial charge on any atom is 0.410 e. The van der Waals surface area contributed by atoms with Gasteiger partial charge in [0.1, 0.15) is 5.60 Å². The van der Waals surface area contributed by atoms with E-state index in [0.29, 0.717) is 19.5 Å². The Morgan fingerprint density at radius 3 is 2.28 bits per heavy atom. The van der Waals surface area contributed by atoms with Gasteiger partial charge in [-0.3, -0.25) is 0 Å². The predicted molar refractivity (Wildman–Crippen MR) is 114 cm³/mol. The molecule has 156 valence electrons. The minimum Gasteiger partial charge on any atom is -0.444 e. The Morgan fingerprint density at radius 2 is 1.69 bits per heavy atom. The van der Waals surface area contributed by atoms with Crippen LogP contribution in [0.4, 0.5) is 4.79 Å². The van der Waals surface area contributed by atoms with Crippen LogP contribution in [0.3, 0.4) is 0 Å². The maximum atomic E-state index is 12.8. The summed E-state index contributed by atoms with van der Waals surface area (Å²) in [4.78, 5) is 14.6. The average molecular weight is 397 g/mol. The lowest BCUT2D eigenvalue weighted by atomic mass is 9.96. The molecule has 1 aliphatic heterocycles. The number of carbonyl (C=O) groups is 1. The molecule has 2 atom stereocenters. The first-order valence-electron chi connectivity index (χ1n) is 10.4. The highest BCUT2D eigenvalue weighted by molar-refractivity contribution is 5.69. The summed E-state index contributed by atoms with van der Waals surface area (Å²) < 4.78 is 5.64. The SMILES string of the molecule is CC(C)(C)OC(=O)N1CCC[C@@H]1[C@H](Cc1ccccc1)N(O)Cc1ccccc1. The highest BCUT2D eigenvalue weighted by atomic mass is 16.6. The van der Waals surface area contributed by atoms with Gasteiger partial charge < -0.3 is 14.8 Å². The number of rotatable bonds is 6. The van der Waals surface area contributed by atoms with Gasteiger partial charge in [-0.05, 0) is 51.2 Å². The van der Waals surface area contributed by atoms with Crippen molar-refractivity contribution in [1.82, 2.24) is 9.96 Å². The second-order valence-corrected chi connectivity index (χ2v) is 8.72. The quantitative estimate of drug-likeness (QED) is 0.707. The zero-order chi connectivity index (χ0) is 20.9. The molecule has 5 heteroatoms. The molecule has 0 unspecified atom stereocenters. The van der Waals surface area contributed by atoms with Crippen LogP contribution in [0, 0.1) is 0 Å². The second-order valence-electron chi connectivity index (χ2n) is 8.72. The molecule has 0 aliphatic carbocycles. The molecular weight excluding hydrogens is 364 g/mol. The van der Waals surface area contributed by atoms with Crippen LogP contribution >= 0.6 is 0 Å². The molecule has 3 rings (SSSR count). The minimum absolute atomic E-state index is 0.0984. The fourth-order valence-electron chi connectivity index (χ4n) is 3.92. The molecular formula is C24H32N2O3. The fraction of sp³-hybridized carbons (Fsp3) is 0.458.